The molecule has 0 aliphatic heterocycles. The molecule has 0 spiro atoms. The van der Waals surface area contributed by atoms with E-state index in [1.807, 2.05) is 6.92 Å². The molecule has 1 heterocycles. The lowest BCUT2D eigenvalue weighted by Crippen LogP contribution is -2.36. The highest BCUT2D eigenvalue weighted by molar-refractivity contribution is 9.11. The summed E-state index contributed by atoms with van der Waals surface area (Å²) in [6, 6.07) is 1.15. The molecule has 0 amide bonds. The van der Waals surface area contributed by atoms with Gasteiger partial charge in [0.05, 0.1) is 3.79 Å². The normalized spacial score (nSPS) is 17.7. The van der Waals surface area contributed by atoms with Crippen molar-refractivity contribution in [1.82, 2.24) is 4.31 Å². The van der Waals surface area contributed by atoms with Crippen LogP contribution in [0.5, 0.6) is 0 Å². The lowest BCUT2D eigenvalue weighted by molar-refractivity contribution is 0.0702. The molecule has 19 heavy (non-hydrogen) atoms. The van der Waals surface area contributed by atoms with E-state index in [9.17, 15) is 13.2 Å². The summed E-state index contributed by atoms with van der Waals surface area (Å²) in [5.41, 5.74) is 0. The molecule has 1 aromatic rings. The molecule has 1 unspecified atom stereocenters. The molecule has 2 rings (SSSR count). The third-order valence-electron chi connectivity index (χ3n) is 3.40. The topological polar surface area (TPSA) is 74.7 Å². The lowest BCUT2D eigenvalue weighted by Gasteiger charge is -2.23. The molecule has 106 valence electrons. The number of nitrogens with zero attached hydrogens (tertiary/aromatic N) is 1. The minimum atomic E-state index is -3.65. The van der Waals surface area contributed by atoms with E-state index in [-0.39, 0.29) is 15.8 Å². The summed E-state index contributed by atoms with van der Waals surface area (Å²) < 4.78 is 26.6. The average molecular weight is 368 g/mol. The predicted molar refractivity (Wildman–Crippen MR) is 76.1 cm³/mol. The van der Waals surface area contributed by atoms with E-state index in [1.165, 1.54) is 10.4 Å². The maximum atomic E-state index is 12.5. The number of hydrogen-bond acceptors (Lipinski definition) is 4. The zero-order valence-corrected chi connectivity index (χ0v) is 13.7. The van der Waals surface area contributed by atoms with Gasteiger partial charge in [-0.3, -0.25) is 0 Å². The first-order valence-corrected chi connectivity index (χ1v) is 8.80. The van der Waals surface area contributed by atoms with Gasteiger partial charge in [-0.15, -0.1) is 11.3 Å². The average Bonchev–Trinajstić information content (AvgIpc) is 3.09. The second-order valence-electron chi connectivity index (χ2n) is 4.65. The highest BCUT2D eigenvalue weighted by atomic mass is 79.9. The summed E-state index contributed by atoms with van der Waals surface area (Å²) in [6.07, 6.45) is 2.10. The summed E-state index contributed by atoms with van der Waals surface area (Å²) in [7, 11) is -2.11. The Labute approximate surface area is 124 Å². The quantitative estimate of drug-likeness (QED) is 0.867. The van der Waals surface area contributed by atoms with E-state index in [2.05, 4.69) is 15.9 Å². The largest absolute Gasteiger partial charge is 0.477 e. The summed E-state index contributed by atoms with van der Waals surface area (Å²) in [5, 5.41) is 8.92. The predicted octanol–water partition coefficient (Wildman–Crippen LogP) is 2.63. The molecule has 0 radical (unpaired) electrons. The van der Waals surface area contributed by atoms with Crippen molar-refractivity contribution in [3.05, 3.63) is 14.7 Å². The van der Waals surface area contributed by atoms with Gasteiger partial charge in [-0.2, -0.15) is 4.31 Å². The highest BCUT2D eigenvalue weighted by Crippen LogP contribution is 2.39. The van der Waals surface area contributed by atoms with Crippen molar-refractivity contribution in [3.63, 3.8) is 0 Å². The van der Waals surface area contributed by atoms with Crippen molar-refractivity contribution >= 4 is 43.3 Å². The number of rotatable bonds is 5. The number of thiophene rings is 1. The molecule has 0 bridgehead atoms. The summed E-state index contributed by atoms with van der Waals surface area (Å²) in [4.78, 5) is 10.9. The SMILES string of the molecule is CC(C1CC1)N(C)S(=O)(=O)c1cc(C(=O)O)sc1Br. The number of hydrogen-bond donors (Lipinski definition) is 1. The summed E-state index contributed by atoms with van der Waals surface area (Å²) in [6.45, 7) is 1.88. The van der Waals surface area contributed by atoms with Crippen molar-refractivity contribution in [3.8, 4) is 0 Å². The Hall–Kier alpha value is -0.440. The van der Waals surface area contributed by atoms with Crippen LogP contribution in [0.3, 0.4) is 0 Å². The molecule has 1 aromatic heterocycles. The van der Waals surface area contributed by atoms with Gasteiger partial charge >= 0.3 is 5.97 Å². The maximum absolute atomic E-state index is 12.5. The van der Waals surface area contributed by atoms with Crippen LogP contribution in [0.25, 0.3) is 0 Å². The fourth-order valence-corrected chi connectivity index (χ4v) is 5.66. The minimum Gasteiger partial charge on any atom is -0.477 e. The Morgan fingerprint density at radius 1 is 1.58 bits per heavy atom. The van der Waals surface area contributed by atoms with Gasteiger partial charge in [-0.1, -0.05) is 0 Å². The van der Waals surface area contributed by atoms with Crippen LogP contribution in [0, 0.1) is 5.92 Å². The van der Waals surface area contributed by atoms with Crippen LogP contribution in [0.1, 0.15) is 29.4 Å². The standard InChI is InChI=1S/C11H14BrNO4S2/c1-6(7-3-4-7)13(2)19(16,17)9-5-8(11(14)15)18-10(9)12/h5-7H,3-4H2,1-2H3,(H,14,15). The highest BCUT2D eigenvalue weighted by Gasteiger charge is 2.37. The van der Waals surface area contributed by atoms with Gasteiger partial charge in [-0.05, 0) is 47.7 Å². The number of carboxylic acid groups (broad SMARTS) is 1. The molecule has 1 atom stereocenters. The molecule has 0 saturated heterocycles. The van der Waals surface area contributed by atoms with E-state index in [4.69, 9.17) is 5.11 Å². The summed E-state index contributed by atoms with van der Waals surface area (Å²) >= 11 is 4.05. The number of halogens is 1. The molecular weight excluding hydrogens is 354 g/mol. The first-order valence-electron chi connectivity index (χ1n) is 5.75. The van der Waals surface area contributed by atoms with Crippen LogP contribution >= 0.6 is 27.3 Å². The third-order valence-corrected chi connectivity index (χ3v) is 7.59. The Bertz CT molecular complexity index is 606. The van der Waals surface area contributed by atoms with Crippen molar-refractivity contribution in [2.75, 3.05) is 7.05 Å². The van der Waals surface area contributed by atoms with Crippen molar-refractivity contribution in [2.24, 2.45) is 5.92 Å². The van der Waals surface area contributed by atoms with Crippen LogP contribution in [-0.4, -0.2) is 36.9 Å². The molecule has 1 saturated carbocycles. The molecule has 1 fully saturated rings. The van der Waals surface area contributed by atoms with Gasteiger partial charge in [0.15, 0.2) is 0 Å². The Kier molecular flexibility index (Phi) is 4.06. The second-order valence-corrected chi connectivity index (χ2v) is 8.99. The fraction of sp³-hybridized carbons (Fsp3) is 0.545. The fourth-order valence-electron chi connectivity index (χ4n) is 1.88. The molecule has 1 aliphatic rings. The van der Waals surface area contributed by atoms with E-state index < -0.39 is 16.0 Å². The molecule has 5 nitrogen and oxygen atoms in total. The third kappa shape index (κ3) is 2.86. The van der Waals surface area contributed by atoms with Gasteiger partial charge in [0.2, 0.25) is 10.0 Å². The van der Waals surface area contributed by atoms with E-state index in [1.54, 1.807) is 7.05 Å². The van der Waals surface area contributed by atoms with Crippen molar-refractivity contribution < 1.29 is 18.3 Å². The van der Waals surface area contributed by atoms with Crippen LogP contribution in [0.15, 0.2) is 14.7 Å². The van der Waals surface area contributed by atoms with Gasteiger partial charge in [-0.25, -0.2) is 13.2 Å². The number of sulfonamides is 1. The Morgan fingerprint density at radius 3 is 2.58 bits per heavy atom. The van der Waals surface area contributed by atoms with Crippen LogP contribution in [0.4, 0.5) is 0 Å². The first kappa shape index (κ1) is 15.0. The van der Waals surface area contributed by atoms with Crippen LogP contribution < -0.4 is 0 Å². The van der Waals surface area contributed by atoms with Gasteiger partial charge in [0, 0.05) is 13.1 Å². The Balaban J connectivity index is 2.35. The molecule has 1 N–H and O–H groups in total. The van der Waals surface area contributed by atoms with Crippen LogP contribution in [-0.2, 0) is 10.0 Å². The zero-order chi connectivity index (χ0) is 14.4. The lowest BCUT2D eigenvalue weighted by atomic mass is 10.2. The van der Waals surface area contributed by atoms with Gasteiger partial charge < -0.3 is 5.11 Å². The number of carboxylic acids is 1. The van der Waals surface area contributed by atoms with E-state index in [0.717, 1.165) is 24.2 Å². The molecule has 8 heteroatoms. The Morgan fingerprint density at radius 2 is 2.16 bits per heavy atom. The van der Waals surface area contributed by atoms with Crippen molar-refractivity contribution in [2.45, 2.75) is 30.7 Å². The zero-order valence-electron chi connectivity index (χ0n) is 10.5. The number of aromatic carboxylic acids is 1. The van der Waals surface area contributed by atoms with E-state index >= 15 is 0 Å². The molecule has 0 aromatic carbocycles. The van der Waals surface area contributed by atoms with Crippen molar-refractivity contribution in [1.29, 1.82) is 0 Å². The minimum absolute atomic E-state index is 0.0120. The smallest absolute Gasteiger partial charge is 0.345 e. The molecular formula is C11H14BrNO4S2. The molecule has 1 aliphatic carbocycles. The maximum Gasteiger partial charge on any atom is 0.345 e. The monoisotopic (exact) mass is 367 g/mol. The van der Waals surface area contributed by atoms with E-state index in [0.29, 0.717) is 9.70 Å². The van der Waals surface area contributed by atoms with Crippen LogP contribution in [0.2, 0.25) is 0 Å². The van der Waals surface area contributed by atoms with Gasteiger partial charge in [0.1, 0.15) is 9.77 Å². The first-order chi connectivity index (χ1) is 8.75. The number of carbonyl (C=O) groups is 1. The summed E-state index contributed by atoms with van der Waals surface area (Å²) in [5.74, 6) is -0.707. The van der Waals surface area contributed by atoms with Gasteiger partial charge in [0.25, 0.3) is 0 Å². The second kappa shape index (κ2) is 5.16.